The third-order valence-electron chi connectivity index (χ3n) is 5.12. The van der Waals surface area contributed by atoms with Crippen LogP contribution in [0.1, 0.15) is 61.8 Å². The Balaban J connectivity index is 0.000000235. The highest BCUT2D eigenvalue weighted by molar-refractivity contribution is 5.30. The molecule has 0 fully saturated rings. The van der Waals surface area contributed by atoms with Crippen LogP contribution >= 0.6 is 0 Å². The van der Waals surface area contributed by atoms with Gasteiger partial charge in [-0.25, -0.2) is 0 Å². The Morgan fingerprint density at radius 1 is 0.710 bits per heavy atom. The number of methoxy groups -OCH3 is 2. The van der Waals surface area contributed by atoms with Crippen LogP contribution in [0, 0.1) is 13.8 Å². The quantitative estimate of drug-likeness (QED) is 0.400. The van der Waals surface area contributed by atoms with Crippen molar-refractivity contribution in [1.29, 1.82) is 0 Å². The van der Waals surface area contributed by atoms with Crippen molar-refractivity contribution in [2.75, 3.05) is 14.2 Å². The molecule has 0 saturated carbocycles. The van der Waals surface area contributed by atoms with E-state index in [2.05, 4.69) is 64.1 Å². The van der Waals surface area contributed by atoms with Gasteiger partial charge in [0.25, 0.3) is 0 Å². The van der Waals surface area contributed by atoms with Crippen LogP contribution in [0.3, 0.4) is 0 Å². The van der Waals surface area contributed by atoms with Crippen molar-refractivity contribution in [1.82, 2.24) is 0 Å². The summed E-state index contributed by atoms with van der Waals surface area (Å²) in [4.78, 5) is 0. The third-order valence-corrected chi connectivity index (χ3v) is 5.12. The monoisotopic (exact) mass is 420 g/mol. The van der Waals surface area contributed by atoms with Gasteiger partial charge in [-0.05, 0) is 73.6 Å². The molecule has 1 unspecified atom stereocenters. The number of rotatable bonds is 6. The zero-order chi connectivity index (χ0) is 23.1. The molecule has 0 N–H and O–H groups in total. The summed E-state index contributed by atoms with van der Waals surface area (Å²) in [5.74, 6) is 2.50. The largest absolute Gasteiger partial charge is 0.497 e. The molecule has 0 aliphatic heterocycles. The van der Waals surface area contributed by atoms with Crippen LogP contribution in [-0.2, 0) is 6.42 Å². The van der Waals surface area contributed by atoms with Gasteiger partial charge in [0.2, 0.25) is 0 Å². The second-order valence-corrected chi connectivity index (χ2v) is 7.85. The van der Waals surface area contributed by atoms with Crippen molar-refractivity contribution < 1.29 is 9.47 Å². The van der Waals surface area contributed by atoms with Crippen LogP contribution in [0.25, 0.3) is 0 Å². The van der Waals surface area contributed by atoms with Gasteiger partial charge in [-0.15, -0.1) is 0 Å². The highest BCUT2D eigenvalue weighted by atomic mass is 16.5. The molecule has 3 rings (SSSR count). The van der Waals surface area contributed by atoms with Crippen molar-refractivity contribution in [3.8, 4) is 11.5 Å². The Bertz CT molecular complexity index is 870. The highest BCUT2D eigenvalue weighted by Crippen LogP contribution is 2.22. The van der Waals surface area contributed by atoms with Gasteiger partial charge in [0.15, 0.2) is 0 Å². The van der Waals surface area contributed by atoms with E-state index in [-0.39, 0.29) is 0 Å². The summed E-state index contributed by atoms with van der Waals surface area (Å²) in [6, 6.07) is 24.9. The fraction of sp³-hybridized carbons (Fsp3) is 0.379. The fourth-order valence-corrected chi connectivity index (χ4v) is 3.08. The van der Waals surface area contributed by atoms with Crippen LogP contribution < -0.4 is 9.47 Å². The van der Waals surface area contributed by atoms with Gasteiger partial charge < -0.3 is 9.47 Å². The number of benzene rings is 3. The Kier molecular flexibility index (Phi) is 12.8. The van der Waals surface area contributed by atoms with Crippen LogP contribution in [0.5, 0.6) is 11.5 Å². The highest BCUT2D eigenvalue weighted by Gasteiger charge is 2.02. The molecule has 0 aromatic heterocycles. The minimum Gasteiger partial charge on any atom is -0.497 e. The first-order valence-electron chi connectivity index (χ1n) is 11.2. The molecule has 1 atom stereocenters. The maximum Gasteiger partial charge on any atom is 0.119 e. The first kappa shape index (κ1) is 26.3. The molecule has 2 nitrogen and oxygen atoms in total. The molecule has 0 amide bonds. The average Bonchev–Trinajstić information content (AvgIpc) is 2.79. The second kappa shape index (κ2) is 15.1. The summed E-state index contributed by atoms with van der Waals surface area (Å²) < 4.78 is 10.1. The molecular weight excluding hydrogens is 380 g/mol. The zero-order valence-electron chi connectivity index (χ0n) is 20.4. The molecule has 0 aliphatic carbocycles. The van der Waals surface area contributed by atoms with E-state index in [0.29, 0.717) is 5.92 Å². The molecule has 3 aromatic carbocycles. The lowest BCUT2D eigenvalue weighted by Gasteiger charge is -2.09. The van der Waals surface area contributed by atoms with E-state index in [0.717, 1.165) is 11.5 Å². The van der Waals surface area contributed by atoms with Crippen molar-refractivity contribution in [3.63, 3.8) is 0 Å². The van der Waals surface area contributed by atoms with E-state index in [1.807, 2.05) is 43.3 Å². The number of hydrogen-bond acceptors (Lipinski definition) is 2. The van der Waals surface area contributed by atoms with Crippen LogP contribution in [0.15, 0.2) is 72.8 Å². The summed E-state index contributed by atoms with van der Waals surface area (Å²) in [5, 5.41) is 0. The predicted octanol–water partition coefficient (Wildman–Crippen LogP) is 8.16. The van der Waals surface area contributed by atoms with Gasteiger partial charge in [-0.3, -0.25) is 0 Å². The smallest absolute Gasteiger partial charge is 0.119 e. The van der Waals surface area contributed by atoms with Crippen molar-refractivity contribution in [3.05, 3.63) is 95.1 Å². The molecule has 0 spiro atoms. The third kappa shape index (κ3) is 10.7. The number of ether oxygens (including phenoxy) is 2. The molecular formula is C29H40O2. The lowest BCUT2D eigenvalue weighted by Crippen LogP contribution is -1.91. The van der Waals surface area contributed by atoms with E-state index in [1.54, 1.807) is 14.2 Å². The fourth-order valence-electron chi connectivity index (χ4n) is 3.08. The second-order valence-electron chi connectivity index (χ2n) is 7.85. The molecule has 2 heteroatoms. The first-order valence-corrected chi connectivity index (χ1v) is 11.2. The normalized spacial score (nSPS) is 10.7. The van der Waals surface area contributed by atoms with Gasteiger partial charge in [-0.2, -0.15) is 0 Å². The summed E-state index contributed by atoms with van der Waals surface area (Å²) in [6.45, 7) is 10.8. The van der Waals surface area contributed by atoms with Crippen LogP contribution in [0.2, 0.25) is 0 Å². The predicted molar refractivity (Wildman–Crippen MR) is 135 cm³/mol. The molecule has 31 heavy (non-hydrogen) atoms. The lowest BCUT2D eigenvalue weighted by molar-refractivity contribution is 0.414. The zero-order valence-corrected chi connectivity index (χ0v) is 20.4. The summed E-state index contributed by atoms with van der Waals surface area (Å²) in [7, 11) is 3.38. The Labute approximate surface area is 190 Å². The lowest BCUT2D eigenvalue weighted by atomic mass is 9.99. The van der Waals surface area contributed by atoms with Gasteiger partial charge in [0.1, 0.15) is 11.5 Å². The van der Waals surface area contributed by atoms with Crippen LogP contribution in [-0.4, -0.2) is 14.2 Å². The average molecular weight is 421 g/mol. The number of hydrogen-bond donors (Lipinski definition) is 0. The van der Waals surface area contributed by atoms with Crippen molar-refractivity contribution in [2.45, 2.75) is 59.8 Å². The number of aryl methyl sites for hydroxylation is 3. The van der Waals surface area contributed by atoms with E-state index in [4.69, 9.17) is 9.47 Å². The van der Waals surface area contributed by atoms with Gasteiger partial charge in [0, 0.05) is 0 Å². The molecule has 3 aromatic rings. The maximum atomic E-state index is 5.15. The first-order chi connectivity index (χ1) is 14.9. The van der Waals surface area contributed by atoms with Crippen molar-refractivity contribution >= 4 is 0 Å². The molecule has 0 aliphatic rings. The SMILES string of the molecule is CCC(C)c1cccc(OC)c1.CCCc1cccc(C)c1.COc1cccc(C)c1. The molecule has 0 bridgehead atoms. The Hall–Kier alpha value is -2.74. The maximum absolute atomic E-state index is 5.15. The van der Waals surface area contributed by atoms with Gasteiger partial charge in [0.05, 0.1) is 14.2 Å². The van der Waals surface area contributed by atoms with E-state index < -0.39 is 0 Å². The van der Waals surface area contributed by atoms with Crippen LogP contribution in [0.4, 0.5) is 0 Å². The summed E-state index contributed by atoms with van der Waals surface area (Å²) >= 11 is 0. The summed E-state index contributed by atoms with van der Waals surface area (Å²) in [6.07, 6.45) is 3.62. The molecule has 0 heterocycles. The summed E-state index contributed by atoms with van der Waals surface area (Å²) in [5.41, 5.74) is 5.42. The van der Waals surface area contributed by atoms with E-state index in [9.17, 15) is 0 Å². The molecule has 168 valence electrons. The molecule has 0 radical (unpaired) electrons. The standard InChI is InChI=1S/C11H16O.C10H14.C8H10O/c1-4-9(2)10-6-5-7-11(8-10)12-3;1-3-5-10-7-4-6-9(2)8-10;1-7-4-3-5-8(6-7)9-2/h5-9H,4H2,1-3H3;4,6-8H,3,5H2,1-2H3;3-6H,1-2H3. The Morgan fingerprint density at radius 2 is 1.26 bits per heavy atom. The van der Waals surface area contributed by atoms with E-state index >= 15 is 0 Å². The van der Waals surface area contributed by atoms with Gasteiger partial charge >= 0.3 is 0 Å². The van der Waals surface area contributed by atoms with Crippen molar-refractivity contribution in [2.24, 2.45) is 0 Å². The molecule has 0 saturated heterocycles. The minimum absolute atomic E-state index is 0.625. The minimum atomic E-state index is 0.625. The van der Waals surface area contributed by atoms with Gasteiger partial charge in [-0.1, -0.05) is 81.3 Å². The van der Waals surface area contributed by atoms with E-state index in [1.165, 1.54) is 41.5 Å². The topological polar surface area (TPSA) is 18.5 Å². The Morgan fingerprint density at radius 3 is 1.74 bits per heavy atom.